The van der Waals surface area contributed by atoms with Crippen LogP contribution in [0, 0.1) is 17.8 Å². The minimum Gasteiger partial charge on any atom is -0.481 e. The Morgan fingerprint density at radius 1 is 1.41 bits per heavy atom. The molecule has 2 fully saturated rings. The molecule has 1 saturated heterocycles. The van der Waals surface area contributed by atoms with Gasteiger partial charge < -0.3 is 14.7 Å². The zero-order valence-electron chi connectivity index (χ0n) is 10.1. The number of carboxylic acids is 1. The van der Waals surface area contributed by atoms with Gasteiger partial charge in [-0.1, -0.05) is 0 Å². The third-order valence-corrected chi connectivity index (χ3v) is 3.62. The molecule has 0 aromatic carbocycles. The third-order valence-electron chi connectivity index (χ3n) is 3.62. The molecule has 96 valence electrons. The molecule has 1 saturated carbocycles. The van der Waals surface area contributed by atoms with Gasteiger partial charge in [-0.3, -0.25) is 9.59 Å². The second-order valence-corrected chi connectivity index (χ2v) is 4.89. The van der Waals surface area contributed by atoms with Crippen LogP contribution in [0.1, 0.15) is 19.8 Å². The first-order chi connectivity index (χ1) is 8.13. The largest absolute Gasteiger partial charge is 0.481 e. The van der Waals surface area contributed by atoms with E-state index in [1.54, 1.807) is 4.90 Å². The summed E-state index contributed by atoms with van der Waals surface area (Å²) >= 11 is 0. The molecule has 17 heavy (non-hydrogen) atoms. The van der Waals surface area contributed by atoms with Crippen LogP contribution in [0.3, 0.4) is 0 Å². The van der Waals surface area contributed by atoms with Crippen molar-refractivity contribution in [2.45, 2.75) is 19.8 Å². The molecule has 1 aliphatic carbocycles. The fraction of sp³-hybridized carbons (Fsp3) is 0.833. The third kappa shape index (κ3) is 2.77. The smallest absolute Gasteiger partial charge is 0.307 e. The van der Waals surface area contributed by atoms with Gasteiger partial charge in [0.25, 0.3) is 0 Å². The summed E-state index contributed by atoms with van der Waals surface area (Å²) in [7, 11) is 0. The first-order valence-corrected chi connectivity index (χ1v) is 6.22. The number of carboxylic acid groups (broad SMARTS) is 1. The van der Waals surface area contributed by atoms with E-state index in [9.17, 15) is 9.59 Å². The van der Waals surface area contributed by atoms with Gasteiger partial charge in [0.15, 0.2) is 0 Å². The van der Waals surface area contributed by atoms with Crippen molar-refractivity contribution in [2.24, 2.45) is 17.8 Å². The van der Waals surface area contributed by atoms with Gasteiger partial charge >= 0.3 is 5.97 Å². The highest BCUT2D eigenvalue weighted by Crippen LogP contribution is 2.40. The number of aliphatic carboxylic acids is 1. The average Bonchev–Trinajstić information content (AvgIpc) is 2.96. The Kier molecular flexibility index (Phi) is 3.66. The number of carbonyl (C=O) groups is 2. The van der Waals surface area contributed by atoms with Gasteiger partial charge in [-0.2, -0.15) is 0 Å². The number of amides is 1. The van der Waals surface area contributed by atoms with Gasteiger partial charge in [0.1, 0.15) is 0 Å². The van der Waals surface area contributed by atoms with Crippen molar-refractivity contribution in [3.8, 4) is 0 Å². The highest BCUT2D eigenvalue weighted by Gasteiger charge is 2.49. The van der Waals surface area contributed by atoms with Crippen molar-refractivity contribution in [1.82, 2.24) is 4.90 Å². The lowest BCUT2D eigenvalue weighted by Crippen LogP contribution is -2.37. The van der Waals surface area contributed by atoms with Gasteiger partial charge in [0.2, 0.25) is 5.91 Å². The summed E-state index contributed by atoms with van der Waals surface area (Å²) in [5.74, 6) is -1.15. The number of rotatable bonds is 5. The molecule has 5 nitrogen and oxygen atoms in total. The Balaban J connectivity index is 1.85. The minimum absolute atomic E-state index is 0.00630. The van der Waals surface area contributed by atoms with E-state index in [4.69, 9.17) is 9.84 Å². The molecule has 0 bridgehead atoms. The van der Waals surface area contributed by atoms with Crippen LogP contribution in [0.15, 0.2) is 0 Å². The molecule has 1 aliphatic heterocycles. The van der Waals surface area contributed by atoms with Crippen LogP contribution in [0.5, 0.6) is 0 Å². The van der Waals surface area contributed by atoms with E-state index in [0.717, 1.165) is 19.6 Å². The molecule has 3 atom stereocenters. The lowest BCUT2D eigenvalue weighted by Gasteiger charge is -2.23. The summed E-state index contributed by atoms with van der Waals surface area (Å²) in [6.07, 6.45) is 1.50. The van der Waals surface area contributed by atoms with E-state index in [1.807, 2.05) is 6.92 Å². The van der Waals surface area contributed by atoms with Crippen molar-refractivity contribution in [2.75, 3.05) is 26.3 Å². The van der Waals surface area contributed by atoms with E-state index in [0.29, 0.717) is 25.4 Å². The van der Waals surface area contributed by atoms with E-state index in [1.165, 1.54) is 0 Å². The lowest BCUT2D eigenvalue weighted by atomic mass is 10.1. The first-order valence-electron chi connectivity index (χ1n) is 6.22. The van der Waals surface area contributed by atoms with Crippen LogP contribution in [0.25, 0.3) is 0 Å². The van der Waals surface area contributed by atoms with Crippen molar-refractivity contribution in [1.29, 1.82) is 0 Å². The summed E-state index contributed by atoms with van der Waals surface area (Å²) in [5.41, 5.74) is 0. The van der Waals surface area contributed by atoms with E-state index in [2.05, 4.69) is 0 Å². The normalized spacial score (nSPS) is 31.2. The molecule has 1 N–H and O–H groups in total. The monoisotopic (exact) mass is 241 g/mol. The molecular formula is C12H19NO4. The summed E-state index contributed by atoms with van der Waals surface area (Å²) in [6.45, 7) is 4.79. The van der Waals surface area contributed by atoms with Crippen LogP contribution in [-0.4, -0.2) is 48.2 Å². The molecule has 1 amide bonds. The van der Waals surface area contributed by atoms with Crippen molar-refractivity contribution < 1.29 is 19.4 Å². The van der Waals surface area contributed by atoms with Gasteiger partial charge in [-0.25, -0.2) is 0 Å². The minimum atomic E-state index is -0.844. The second-order valence-electron chi connectivity index (χ2n) is 4.89. The Morgan fingerprint density at radius 2 is 2.18 bits per heavy atom. The van der Waals surface area contributed by atoms with Crippen molar-refractivity contribution >= 4 is 11.9 Å². The Hall–Kier alpha value is -1.10. The molecule has 0 aromatic heterocycles. The molecular weight excluding hydrogens is 222 g/mol. The summed E-state index contributed by atoms with van der Waals surface area (Å²) in [5, 5.41) is 8.82. The molecule has 5 heteroatoms. The number of ether oxygens (including phenoxy) is 1. The van der Waals surface area contributed by atoms with Gasteiger partial charge in [0, 0.05) is 25.6 Å². The van der Waals surface area contributed by atoms with E-state index in [-0.39, 0.29) is 11.8 Å². The maximum atomic E-state index is 12.1. The summed E-state index contributed by atoms with van der Waals surface area (Å²) in [6, 6.07) is 0. The number of nitrogens with zero attached hydrogens (tertiary/aromatic N) is 1. The van der Waals surface area contributed by atoms with Gasteiger partial charge in [-0.05, 0) is 19.8 Å². The van der Waals surface area contributed by atoms with E-state index >= 15 is 0 Å². The Bertz CT molecular complexity index is 312. The Morgan fingerprint density at radius 3 is 2.65 bits per heavy atom. The zero-order chi connectivity index (χ0) is 12.4. The predicted molar refractivity (Wildman–Crippen MR) is 60.4 cm³/mol. The molecule has 1 heterocycles. The highest BCUT2D eigenvalue weighted by molar-refractivity contribution is 5.89. The van der Waals surface area contributed by atoms with Crippen LogP contribution < -0.4 is 0 Å². The molecule has 2 aliphatic rings. The molecule has 0 spiro atoms. The fourth-order valence-electron chi connectivity index (χ4n) is 2.39. The number of hydrogen-bond acceptors (Lipinski definition) is 3. The highest BCUT2D eigenvalue weighted by atomic mass is 16.5. The Labute approximate surface area is 101 Å². The molecule has 2 rings (SSSR count). The van der Waals surface area contributed by atoms with Crippen LogP contribution in [-0.2, 0) is 14.3 Å². The lowest BCUT2D eigenvalue weighted by molar-refractivity contribution is -0.142. The van der Waals surface area contributed by atoms with Crippen LogP contribution in [0.2, 0.25) is 0 Å². The standard InChI is InChI=1S/C12H19NO4/c1-2-13(6-8-3-4-17-7-8)11(14)9-5-10(9)12(15)16/h8-10H,2-7H2,1H3,(H,15,16)/t8?,9-,10+/m1/s1. The first kappa shape index (κ1) is 12.4. The van der Waals surface area contributed by atoms with E-state index < -0.39 is 11.9 Å². The number of carbonyl (C=O) groups excluding carboxylic acids is 1. The van der Waals surface area contributed by atoms with Crippen molar-refractivity contribution in [3.63, 3.8) is 0 Å². The molecule has 0 aromatic rings. The molecule has 1 unspecified atom stereocenters. The predicted octanol–water partition coefficient (Wildman–Crippen LogP) is 0.592. The zero-order valence-corrected chi connectivity index (χ0v) is 10.1. The summed E-state index contributed by atoms with van der Waals surface area (Å²) in [4.78, 5) is 24.6. The maximum absolute atomic E-state index is 12.1. The van der Waals surface area contributed by atoms with Crippen molar-refractivity contribution in [3.05, 3.63) is 0 Å². The van der Waals surface area contributed by atoms with Gasteiger partial charge in [-0.15, -0.1) is 0 Å². The van der Waals surface area contributed by atoms with Crippen LogP contribution >= 0.6 is 0 Å². The van der Waals surface area contributed by atoms with Crippen LogP contribution in [0.4, 0.5) is 0 Å². The SMILES string of the molecule is CCN(CC1CCOC1)C(=O)[C@@H]1C[C@@H]1C(=O)O. The average molecular weight is 241 g/mol. The second kappa shape index (κ2) is 5.04. The molecule has 0 radical (unpaired) electrons. The van der Waals surface area contributed by atoms with Gasteiger partial charge in [0.05, 0.1) is 18.4 Å². The quantitative estimate of drug-likeness (QED) is 0.765. The topological polar surface area (TPSA) is 66.8 Å². The fourth-order valence-corrected chi connectivity index (χ4v) is 2.39. The number of hydrogen-bond donors (Lipinski definition) is 1. The summed E-state index contributed by atoms with van der Waals surface area (Å²) < 4.78 is 5.29. The maximum Gasteiger partial charge on any atom is 0.307 e.